The summed E-state index contributed by atoms with van der Waals surface area (Å²) >= 11 is 0. The Balaban J connectivity index is 2.72. The van der Waals surface area contributed by atoms with Gasteiger partial charge >= 0.3 is 0 Å². The van der Waals surface area contributed by atoms with Crippen LogP contribution in [0, 0.1) is 0 Å². The van der Waals surface area contributed by atoms with Gasteiger partial charge in [0.25, 0.3) is 0 Å². The fourth-order valence-corrected chi connectivity index (χ4v) is 2.09. The topological polar surface area (TPSA) is 92.7 Å². The first-order chi connectivity index (χ1) is 7.81. The molecule has 1 saturated heterocycles. The Labute approximate surface area is 101 Å². The molecule has 1 heterocycles. The molecule has 0 aliphatic carbocycles. The number of sulfone groups is 1. The van der Waals surface area contributed by atoms with Gasteiger partial charge in [0.05, 0.1) is 12.1 Å². The van der Waals surface area contributed by atoms with Crippen molar-refractivity contribution in [1.82, 2.24) is 5.32 Å². The third-order valence-corrected chi connectivity index (χ3v) is 4.65. The van der Waals surface area contributed by atoms with E-state index in [1.54, 1.807) is 0 Å². The Morgan fingerprint density at radius 2 is 2.00 bits per heavy atom. The quantitative estimate of drug-likeness (QED) is 0.685. The average molecular weight is 265 g/mol. The predicted molar refractivity (Wildman–Crippen MR) is 62.3 cm³/mol. The third-order valence-electron chi connectivity index (χ3n) is 3.15. The van der Waals surface area contributed by atoms with Crippen molar-refractivity contribution in [3.05, 3.63) is 0 Å². The van der Waals surface area contributed by atoms with Crippen LogP contribution in [0.15, 0.2) is 0 Å². The number of carbonyl (C=O) groups is 1. The lowest BCUT2D eigenvalue weighted by Gasteiger charge is -2.36. The van der Waals surface area contributed by atoms with E-state index in [2.05, 4.69) is 5.32 Å². The van der Waals surface area contributed by atoms with Gasteiger partial charge in [0.2, 0.25) is 5.91 Å². The highest BCUT2D eigenvalue weighted by atomic mass is 32.2. The summed E-state index contributed by atoms with van der Waals surface area (Å²) < 4.78 is 27.7. The normalized spacial score (nSPS) is 21.8. The highest BCUT2D eigenvalue weighted by molar-refractivity contribution is 7.92. The van der Waals surface area contributed by atoms with Crippen molar-refractivity contribution in [2.75, 3.05) is 26.1 Å². The van der Waals surface area contributed by atoms with Crippen molar-refractivity contribution in [3.8, 4) is 0 Å². The van der Waals surface area contributed by atoms with Gasteiger partial charge in [0, 0.05) is 19.5 Å². The van der Waals surface area contributed by atoms with Crippen LogP contribution in [0.25, 0.3) is 0 Å². The van der Waals surface area contributed by atoms with Crippen molar-refractivity contribution >= 4 is 15.7 Å². The maximum Gasteiger partial charge on any atom is 0.238 e. The van der Waals surface area contributed by atoms with Crippen molar-refractivity contribution < 1.29 is 23.1 Å². The Hall–Kier alpha value is -0.660. The van der Waals surface area contributed by atoms with Crippen molar-refractivity contribution in [1.29, 1.82) is 0 Å². The molecule has 0 aromatic heterocycles. The molecule has 1 aliphatic heterocycles. The zero-order chi connectivity index (χ0) is 13.1. The van der Waals surface area contributed by atoms with Crippen LogP contribution in [0.2, 0.25) is 0 Å². The molecule has 0 aromatic carbocycles. The molecule has 0 aromatic rings. The van der Waals surface area contributed by atoms with Gasteiger partial charge in [-0.25, -0.2) is 8.42 Å². The highest BCUT2D eigenvalue weighted by Crippen LogP contribution is 2.20. The lowest BCUT2D eigenvalue weighted by atomic mass is 9.91. The highest BCUT2D eigenvalue weighted by Gasteiger charge is 2.36. The van der Waals surface area contributed by atoms with E-state index >= 15 is 0 Å². The molecule has 1 rings (SSSR count). The van der Waals surface area contributed by atoms with Crippen LogP contribution in [0.3, 0.4) is 0 Å². The number of hydrogen-bond acceptors (Lipinski definition) is 5. The van der Waals surface area contributed by atoms with E-state index in [0.717, 1.165) is 6.26 Å². The van der Waals surface area contributed by atoms with Gasteiger partial charge in [-0.05, 0) is 19.8 Å². The number of hydrogen-bond donors (Lipinski definition) is 2. The fourth-order valence-electron chi connectivity index (χ4n) is 1.64. The van der Waals surface area contributed by atoms with Crippen LogP contribution >= 0.6 is 0 Å². The zero-order valence-corrected chi connectivity index (χ0v) is 10.9. The number of nitrogens with one attached hydrogen (secondary N) is 1. The van der Waals surface area contributed by atoms with E-state index in [9.17, 15) is 18.3 Å². The molecule has 1 fully saturated rings. The van der Waals surface area contributed by atoms with Crippen LogP contribution in [0.1, 0.15) is 19.8 Å². The van der Waals surface area contributed by atoms with Gasteiger partial charge < -0.3 is 15.2 Å². The molecule has 17 heavy (non-hydrogen) atoms. The summed E-state index contributed by atoms with van der Waals surface area (Å²) in [5, 5.41) is 10.9. The first-order valence-corrected chi connectivity index (χ1v) is 7.46. The minimum Gasteiger partial charge on any atom is -0.394 e. The van der Waals surface area contributed by atoms with Gasteiger partial charge in [0.15, 0.2) is 9.84 Å². The molecular weight excluding hydrogens is 246 g/mol. The molecule has 1 amide bonds. The SMILES string of the molecule is CC(C(=O)NC1(CO)CCOCC1)S(C)(=O)=O. The monoisotopic (exact) mass is 265 g/mol. The summed E-state index contributed by atoms with van der Waals surface area (Å²) in [5.41, 5.74) is -0.742. The number of ether oxygens (including phenoxy) is 1. The smallest absolute Gasteiger partial charge is 0.238 e. The summed E-state index contributed by atoms with van der Waals surface area (Å²) in [4.78, 5) is 11.8. The van der Waals surface area contributed by atoms with Gasteiger partial charge in [-0.1, -0.05) is 0 Å². The Morgan fingerprint density at radius 3 is 2.41 bits per heavy atom. The Morgan fingerprint density at radius 1 is 1.47 bits per heavy atom. The summed E-state index contributed by atoms with van der Waals surface area (Å²) in [6, 6.07) is 0. The summed E-state index contributed by atoms with van der Waals surface area (Å²) in [6.07, 6.45) is 2.00. The van der Waals surface area contributed by atoms with Crippen LogP contribution in [0.5, 0.6) is 0 Å². The number of amides is 1. The minimum absolute atomic E-state index is 0.210. The van der Waals surface area contributed by atoms with E-state index in [0.29, 0.717) is 26.1 Å². The van der Waals surface area contributed by atoms with Gasteiger partial charge in [0.1, 0.15) is 5.25 Å². The summed E-state index contributed by atoms with van der Waals surface area (Å²) in [5.74, 6) is -0.566. The second kappa shape index (κ2) is 5.32. The molecule has 0 spiro atoms. The van der Waals surface area contributed by atoms with E-state index < -0.39 is 26.5 Å². The van der Waals surface area contributed by atoms with Gasteiger partial charge in [-0.15, -0.1) is 0 Å². The standard InChI is InChI=1S/C10H19NO5S/c1-8(17(2,14)15)9(13)11-10(7-12)3-5-16-6-4-10/h8,12H,3-7H2,1-2H3,(H,11,13). The Kier molecular flexibility index (Phi) is 4.51. The molecule has 0 bridgehead atoms. The molecular formula is C10H19NO5S. The number of aliphatic hydroxyl groups is 1. The van der Waals surface area contributed by atoms with Crippen LogP contribution in [-0.4, -0.2) is 56.3 Å². The van der Waals surface area contributed by atoms with Gasteiger partial charge in [-0.2, -0.15) is 0 Å². The van der Waals surface area contributed by atoms with E-state index in [-0.39, 0.29) is 6.61 Å². The van der Waals surface area contributed by atoms with Crippen LogP contribution in [0.4, 0.5) is 0 Å². The average Bonchev–Trinajstić information content (AvgIpc) is 2.28. The first-order valence-electron chi connectivity index (χ1n) is 5.50. The number of rotatable bonds is 4. The Bertz CT molecular complexity index is 372. The van der Waals surface area contributed by atoms with E-state index in [4.69, 9.17) is 4.74 Å². The largest absolute Gasteiger partial charge is 0.394 e. The molecule has 6 nitrogen and oxygen atoms in total. The van der Waals surface area contributed by atoms with Crippen molar-refractivity contribution in [2.45, 2.75) is 30.6 Å². The molecule has 100 valence electrons. The lowest BCUT2D eigenvalue weighted by molar-refractivity contribution is -0.124. The number of aliphatic hydroxyl groups excluding tert-OH is 1. The predicted octanol–water partition coefficient (Wildman–Crippen LogP) is -0.923. The van der Waals surface area contributed by atoms with Crippen molar-refractivity contribution in [2.24, 2.45) is 0 Å². The second-order valence-electron chi connectivity index (χ2n) is 4.51. The minimum atomic E-state index is -3.41. The zero-order valence-electron chi connectivity index (χ0n) is 10.1. The number of carbonyl (C=O) groups excluding carboxylic acids is 1. The van der Waals surface area contributed by atoms with Crippen molar-refractivity contribution in [3.63, 3.8) is 0 Å². The lowest BCUT2D eigenvalue weighted by Crippen LogP contribution is -2.57. The molecule has 1 unspecified atom stereocenters. The second-order valence-corrected chi connectivity index (χ2v) is 6.88. The van der Waals surface area contributed by atoms with E-state index in [1.807, 2.05) is 0 Å². The molecule has 1 atom stereocenters. The fraction of sp³-hybridized carbons (Fsp3) is 0.900. The summed E-state index contributed by atoms with van der Waals surface area (Å²) in [6.45, 7) is 2.04. The maximum absolute atomic E-state index is 11.8. The van der Waals surface area contributed by atoms with Gasteiger partial charge in [-0.3, -0.25) is 4.79 Å². The molecule has 1 aliphatic rings. The van der Waals surface area contributed by atoms with Crippen LogP contribution in [-0.2, 0) is 19.4 Å². The first kappa shape index (κ1) is 14.4. The summed E-state index contributed by atoms with van der Waals surface area (Å²) in [7, 11) is -3.41. The third kappa shape index (κ3) is 3.65. The maximum atomic E-state index is 11.8. The molecule has 0 radical (unpaired) electrons. The van der Waals surface area contributed by atoms with E-state index in [1.165, 1.54) is 6.92 Å². The molecule has 0 saturated carbocycles. The molecule has 2 N–H and O–H groups in total. The van der Waals surface area contributed by atoms with Crippen LogP contribution < -0.4 is 5.32 Å². The molecule has 7 heteroatoms.